The molecule has 4 rings (SSSR count). The Morgan fingerprint density at radius 2 is 1.85 bits per heavy atom. The highest BCUT2D eigenvalue weighted by molar-refractivity contribution is 7.99. The zero-order chi connectivity index (χ0) is 23.4. The van der Waals surface area contributed by atoms with Crippen molar-refractivity contribution in [2.24, 2.45) is 0 Å². The molecule has 10 nitrogen and oxygen atoms in total. The van der Waals surface area contributed by atoms with E-state index in [-0.39, 0.29) is 28.2 Å². The number of hydrogen-bond donors (Lipinski definition) is 2. The van der Waals surface area contributed by atoms with Gasteiger partial charge < -0.3 is 28.7 Å². The van der Waals surface area contributed by atoms with E-state index in [1.807, 2.05) is 30.3 Å². The zero-order valence-electron chi connectivity index (χ0n) is 17.9. The summed E-state index contributed by atoms with van der Waals surface area (Å²) in [5, 5.41) is 28.3. The second-order valence-corrected chi connectivity index (χ2v) is 7.54. The molecule has 2 aromatic carbocycles. The van der Waals surface area contributed by atoms with Crippen LogP contribution in [0, 0.1) is 11.3 Å². The quantitative estimate of drug-likeness (QED) is 0.221. The fourth-order valence-electron chi connectivity index (χ4n) is 3.12. The molecule has 2 heterocycles. The summed E-state index contributed by atoms with van der Waals surface area (Å²) < 4.78 is 21.7. The normalized spacial score (nSPS) is 11.7. The summed E-state index contributed by atoms with van der Waals surface area (Å²) in [7, 11) is 4.54. The Hall–Kier alpha value is -4.17. The Morgan fingerprint density at radius 1 is 1.12 bits per heavy atom. The third kappa shape index (κ3) is 4.42. The van der Waals surface area contributed by atoms with Gasteiger partial charge in [-0.25, -0.2) is 4.98 Å². The van der Waals surface area contributed by atoms with Crippen LogP contribution in [0.3, 0.4) is 0 Å². The van der Waals surface area contributed by atoms with Gasteiger partial charge in [0.15, 0.2) is 17.3 Å². The monoisotopic (exact) mass is 465 g/mol. The molecule has 0 amide bonds. The molecule has 0 fully saturated rings. The van der Waals surface area contributed by atoms with Crippen molar-refractivity contribution in [3.8, 4) is 34.8 Å². The lowest BCUT2D eigenvalue weighted by Crippen LogP contribution is -1.95. The molecule has 0 aliphatic heterocycles. The molecule has 168 valence electrons. The molecular weight excluding hydrogens is 446 g/mol. The number of ether oxygens (including phenoxy) is 3. The first-order valence-electron chi connectivity index (χ1n) is 9.62. The van der Waals surface area contributed by atoms with E-state index in [2.05, 4.69) is 20.2 Å². The van der Waals surface area contributed by atoms with Gasteiger partial charge in [0.2, 0.25) is 11.6 Å². The zero-order valence-corrected chi connectivity index (χ0v) is 18.8. The first-order chi connectivity index (χ1) is 16.1. The average Bonchev–Trinajstić information content (AvgIpc) is 3.49. The maximum Gasteiger partial charge on any atom is 0.277 e. The first kappa shape index (κ1) is 22.0. The number of H-pyrrole nitrogens is 1. The van der Waals surface area contributed by atoms with Crippen molar-refractivity contribution in [1.82, 2.24) is 20.2 Å². The van der Waals surface area contributed by atoms with Gasteiger partial charge >= 0.3 is 0 Å². The van der Waals surface area contributed by atoms with E-state index in [1.54, 1.807) is 12.1 Å². The molecule has 0 saturated heterocycles. The van der Waals surface area contributed by atoms with Crippen LogP contribution < -0.4 is 14.2 Å². The van der Waals surface area contributed by atoms with Crippen LogP contribution in [0.5, 0.6) is 17.2 Å². The molecule has 2 aromatic heterocycles. The van der Waals surface area contributed by atoms with Crippen molar-refractivity contribution in [3.05, 3.63) is 48.0 Å². The van der Waals surface area contributed by atoms with Crippen LogP contribution in [0.25, 0.3) is 28.1 Å². The molecule has 0 aliphatic rings. The van der Waals surface area contributed by atoms with Crippen molar-refractivity contribution in [3.63, 3.8) is 0 Å². The summed E-state index contributed by atoms with van der Waals surface area (Å²) in [6, 6.07) is 12.7. The number of aliphatic hydroxyl groups excluding tert-OH is 1. The van der Waals surface area contributed by atoms with Gasteiger partial charge in [0.05, 0.1) is 38.1 Å². The Morgan fingerprint density at radius 3 is 2.48 bits per heavy atom. The summed E-state index contributed by atoms with van der Waals surface area (Å²) in [4.78, 5) is 7.40. The summed E-state index contributed by atoms with van der Waals surface area (Å²) in [5.74, 6) is 1.75. The van der Waals surface area contributed by atoms with E-state index in [0.29, 0.717) is 34.2 Å². The number of methoxy groups -OCH3 is 3. The number of benzene rings is 2. The molecule has 0 radical (unpaired) electrons. The second kappa shape index (κ2) is 9.54. The van der Waals surface area contributed by atoms with E-state index < -0.39 is 0 Å². The summed E-state index contributed by atoms with van der Waals surface area (Å²) >= 11 is 1.09. The number of nitrogens with zero attached hydrogens (tertiary/aromatic N) is 4. The smallest absolute Gasteiger partial charge is 0.277 e. The SMILES string of the molecule is COc1cc(-c2nnc(SC/C(O)=C(\C#N)c3nc4ccccc4[nH]3)o2)cc(OC)c1OC. The van der Waals surface area contributed by atoms with Crippen LogP contribution in [0.1, 0.15) is 5.82 Å². The van der Waals surface area contributed by atoms with Gasteiger partial charge in [0.25, 0.3) is 5.22 Å². The van der Waals surface area contributed by atoms with Gasteiger partial charge in [-0.15, -0.1) is 10.2 Å². The number of aromatic nitrogens is 4. The first-order valence-corrected chi connectivity index (χ1v) is 10.6. The highest BCUT2D eigenvalue weighted by Crippen LogP contribution is 2.41. The molecule has 33 heavy (non-hydrogen) atoms. The number of imidazole rings is 1. The number of hydrogen-bond acceptors (Lipinski definition) is 10. The van der Waals surface area contributed by atoms with E-state index in [1.165, 1.54) is 21.3 Å². The number of rotatable bonds is 8. The molecule has 0 atom stereocenters. The topological polar surface area (TPSA) is 139 Å². The van der Waals surface area contributed by atoms with Crippen molar-refractivity contribution >= 4 is 28.4 Å². The van der Waals surface area contributed by atoms with Crippen LogP contribution >= 0.6 is 11.8 Å². The van der Waals surface area contributed by atoms with Crippen LogP contribution in [0.2, 0.25) is 0 Å². The number of aliphatic hydroxyl groups is 1. The predicted molar refractivity (Wildman–Crippen MR) is 121 cm³/mol. The lowest BCUT2D eigenvalue weighted by molar-refractivity contribution is 0.324. The third-order valence-electron chi connectivity index (χ3n) is 4.68. The Balaban J connectivity index is 1.55. The van der Waals surface area contributed by atoms with Crippen LogP contribution in [-0.4, -0.2) is 52.4 Å². The molecule has 0 aliphatic carbocycles. The van der Waals surface area contributed by atoms with Gasteiger partial charge in [-0.2, -0.15) is 5.26 Å². The molecule has 11 heteroatoms. The highest BCUT2D eigenvalue weighted by atomic mass is 32.2. The third-order valence-corrected chi connectivity index (χ3v) is 5.51. The van der Waals surface area contributed by atoms with Crippen molar-refractivity contribution in [1.29, 1.82) is 5.26 Å². The van der Waals surface area contributed by atoms with Gasteiger partial charge in [-0.1, -0.05) is 23.9 Å². The lowest BCUT2D eigenvalue weighted by atomic mass is 10.2. The van der Waals surface area contributed by atoms with Crippen molar-refractivity contribution in [2.75, 3.05) is 27.1 Å². The van der Waals surface area contributed by atoms with Crippen LogP contribution in [0.15, 0.2) is 51.8 Å². The summed E-state index contributed by atoms with van der Waals surface area (Å²) in [6.07, 6.45) is 0. The number of fused-ring (bicyclic) bond motifs is 1. The Labute approximate surface area is 192 Å². The molecule has 0 unspecified atom stereocenters. The van der Waals surface area contributed by atoms with Gasteiger partial charge in [0, 0.05) is 5.56 Å². The second-order valence-electron chi connectivity index (χ2n) is 6.61. The van der Waals surface area contributed by atoms with Crippen LogP contribution in [0.4, 0.5) is 0 Å². The van der Waals surface area contributed by atoms with E-state index >= 15 is 0 Å². The molecule has 0 saturated carbocycles. The van der Waals surface area contributed by atoms with Gasteiger partial charge in [0.1, 0.15) is 17.4 Å². The standard InChI is InChI=1S/C22H19N5O5S/c1-29-17-8-12(9-18(30-2)19(17)31-3)21-26-27-22(32-21)33-11-16(28)13(10-23)20-24-14-6-4-5-7-15(14)25-20/h4-9,28H,11H2,1-3H3,(H,24,25)/b16-13-. The Bertz CT molecular complexity index is 1310. The van der Waals surface area contributed by atoms with Crippen LogP contribution in [-0.2, 0) is 0 Å². The fourth-order valence-corrected chi connectivity index (χ4v) is 3.76. The minimum Gasteiger partial charge on any atom is -0.510 e. The van der Waals surface area contributed by atoms with Gasteiger partial charge in [-0.05, 0) is 24.3 Å². The largest absolute Gasteiger partial charge is 0.510 e. The summed E-state index contributed by atoms with van der Waals surface area (Å²) in [5.41, 5.74) is 2.09. The van der Waals surface area contributed by atoms with Crippen molar-refractivity contribution < 1.29 is 23.7 Å². The van der Waals surface area contributed by atoms with E-state index in [9.17, 15) is 10.4 Å². The minimum atomic E-state index is -0.158. The number of para-hydroxylation sites is 2. The van der Waals surface area contributed by atoms with E-state index in [4.69, 9.17) is 18.6 Å². The number of aromatic amines is 1. The maximum absolute atomic E-state index is 10.5. The van der Waals surface area contributed by atoms with Crippen molar-refractivity contribution in [2.45, 2.75) is 5.22 Å². The number of nitriles is 1. The maximum atomic E-state index is 10.5. The molecule has 0 spiro atoms. The molecular formula is C22H19N5O5S. The molecule has 4 aromatic rings. The molecule has 0 bridgehead atoms. The Kier molecular flexibility index (Phi) is 6.37. The average molecular weight is 465 g/mol. The molecule has 2 N–H and O–H groups in total. The lowest BCUT2D eigenvalue weighted by Gasteiger charge is -2.12. The van der Waals surface area contributed by atoms with E-state index in [0.717, 1.165) is 17.3 Å². The number of thioether (sulfide) groups is 1. The number of allylic oxidation sites excluding steroid dienone is 1. The fraction of sp³-hybridized carbons (Fsp3) is 0.182. The summed E-state index contributed by atoms with van der Waals surface area (Å²) in [6.45, 7) is 0. The minimum absolute atomic E-state index is 0.0385. The van der Waals surface area contributed by atoms with Gasteiger partial charge in [-0.3, -0.25) is 0 Å². The predicted octanol–water partition coefficient (Wildman–Crippen LogP) is 4.22. The highest BCUT2D eigenvalue weighted by Gasteiger charge is 2.19. The number of nitrogens with one attached hydrogen (secondary N) is 1.